The minimum atomic E-state index is -5.89. The van der Waals surface area contributed by atoms with E-state index in [4.69, 9.17) is 19.7 Å². The Hall–Kier alpha value is -1.57. The van der Waals surface area contributed by atoms with Gasteiger partial charge in [0, 0.05) is 5.56 Å². The van der Waals surface area contributed by atoms with Crippen molar-refractivity contribution in [1.29, 1.82) is 0 Å². The summed E-state index contributed by atoms with van der Waals surface area (Å²) in [6.45, 7) is -1.19. The Labute approximate surface area is 148 Å². The van der Waals surface area contributed by atoms with Gasteiger partial charge in [0.05, 0.1) is 13.2 Å². The van der Waals surface area contributed by atoms with E-state index in [0.29, 0.717) is 0 Å². The molecule has 0 aliphatic heterocycles. The first-order valence-corrected chi connectivity index (χ1v) is 8.75. The van der Waals surface area contributed by atoms with Crippen molar-refractivity contribution in [2.45, 2.75) is 5.51 Å². The summed E-state index contributed by atoms with van der Waals surface area (Å²) < 4.78 is 70.3. The van der Waals surface area contributed by atoms with Crippen LogP contribution in [0.5, 0.6) is 11.5 Å². The standard InChI is InChI=1S/C12H13BrF3NO7S/c13-10-8(23-3-1-18)5-7(6-9(10)24-4-2-19)11(20)17-25(21,22)12(14,15)16/h5-6,18-19H,1-4H2,(H,17,20). The van der Waals surface area contributed by atoms with Crippen LogP contribution in [0.2, 0.25) is 0 Å². The van der Waals surface area contributed by atoms with E-state index >= 15 is 0 Å². The van der Waals surface area contributed by atoms with Crippen molar-refractivity contribution in [3.63, 3.8) is 0 Å². The van der Waals surface area contributed by atoms with Crippen LogP contribution in [-0.2, 0) is 10.0 Å². The average Bonchev–Trinajstić information content (AvgIpc) is 2.51. The number of hydrogen-bond acceptors (Lipinski definition) is 7. The first kappa shape index (κ1) is 21.5. The number of carbonyl (C=O) groups excluding carboxylic acids is 1. The molecule has 0 radical (unpaired) electrons. The van der Waals surface area contributed by atoms with E-state index in [1.165, 1.54) is 0 Å². The monoisotopic (exact) mass is 451 g/mol. The Morgan fingerprint density at radius 3 is 1.92 bits per heavy atom. The van der Waals surface area contributed by atoms with E-state index in [1.807, 2.05) is 0 Å². The Kier molecular flexibility index (Phi) is 7.46. The summed E-state index contributed by atoms with van der Waals surface area (Å²) in [7, 11) is -5.89. The van der Waals surface area contributed by atoms with Crippen LogP contribution in [0.25, 0.3) is 0 Å². The normalized spacial score (nSPS) is 11.9. The van der Waals surface area contributed by atoms with Crippen LogP contribution in [0.1, 0.15) is 10.4 Å². The molecule has 0 fully saturated rings. The van der Waals surface area contributed by atoms with Crippen LogP contribution < -0.4 is 14.2 Å². The van der Waals surface area contributed by atoms with Crippen LogP contribution in [0, 0.1) is 0 Å². The van der Waals surface area contributed by atoms with Crippen LogP contribution in [-0.4, -0.2) is 56.5 Å². The molecular formula is C12H13BrF3NO7S. The van der Waals surface area contributed by atoms with Gasteiger partial charge in [0.15, 0.2) is 0 Å². The third-order valence-corrected chi connectivity index (χ3v) is 4.34. The second kappa shape index (κ2) is 8.69. The topological polar surface area (TPSA) is 122 Å². The largest absolute Gasteiger partial charge is 0.516 e. The van der Waals surface area contributed by atoms with Gasteiger partial charge in [-0.15, -0.1) is 0 Å². The Morgan fingerprint density at radius 1 is 1.12 bits per heavy atom. The average molecular weight is 452 g/mol. The van der Waals surface area contributed by atoms with Crippen molar-refractivity contribution in [3.8, 4) is 11.5 Å². The van der Waals surface area contributed by atoms with Crippen molar-refractivity contribution in [3.05, 3.63) is 22.2 Å². The van der Waals surface area contributed by atoms with E-state index in [0.717, 1.165) is 16.9 Å². The quantitative estimate of drug-likeness (QED) is 0.533. The maximum Gasteiger partial charge on any atom is 0.516 e. The number of aliphatic hydroxyl groups is 2. The van der Waals surface area contributed by atoms with Gasteiger partial charge in [-0.2, -0.15) is 21.6 Å². The summed E-state index contributed by atoms with van der Waals surface area (Å²) >= 11 is 3.07. The predicted molar refractivity (Wildman–Crippen MR) is 81.7 cm³/mol. The second-order valence-corrected chi connectivity index (χ2v) is 6.78. The number of amides is 1. The fourth-order valence-corrected chi connectivity index (χ4v) is 2.40. The molecule has 0 unspecified atom stereocenters. The summed E-state index contributed by atoms with van der Waals surface area (Å²) in [6, 6.07) is 1.93. The molecule has 25 heavy (non-hydrogen) atoms. The van der Waals surface area contributed by atoms with Crippen LogP contribution in [0.4, 0.5) is 13.2 Å². The van der Waals surface area contributed by atoms with Gasteiger partial charge in [0.2, 0.25) is 0 Å². The lowest BCUT2D eigenvalue weighted by Gasteiger charge is -2.15. The smallest absolute Gasteiger partial charge is 0.490 e. The zero-order chi connectivity index (χ0) is 19.3. The zero-order valence-electron chi connectivity index (χ0n) is 12.3. The minimum Gasteiger partial charge on any atom is -0.490 e. The van der Waals surface area contributed by atoms with Crippen LogP contribution in [0.15, 0.2) is 16.6 Å². The zero-order valence-corrected chi connectivity index (χ0v) is 14.7. The van der Waals surface area contributed by atoms with E-state index in [2.05, 4.69) is 15.9 Å². The van der Waals surface area contributed by atoms with Gasteiger partial charge in [0.1, 0.15) is 29.2 Å². The maximum atomic E-state index is 12.4. The highest BCUT2D eigenvalue weighted by atomic mass is 79.9. The molecule has 1 amide bonds. The number of halogens is 4. The van der Waals surface area contributed by atoms with Crippen LogP contribution in [0.3, 0.4) is 0 Å². The molecule has 0 atom stereocenters. The molecule has 1 rings (SSSR count). The number of carbonyl (C=O) groups is 1. The van der Waals surface area contributed by atoms with Gasteiger partial charge in [-0.05, 0) is 28.1 Å². The van der Waals surface area contributed by atoms with E-state index in [-0.39, 0.29) is 29.2 Å². The highest BCUT2D eigenvalue weighted by Gasteiger charge is 2.47. The van der Waals surface area contributed by atoms with Crippen molar-refractivity contribution in [1.82, 2.24) is 4.72 Å². The third kappa shape index (κ3) is 5.73. The molecule has 3 N–H and O–H groups in total. The van der Waals surface area contributed by atoms with E-state index < -0.39 is 40.2 Å². The molecule has 1 aromatic rings. The number of sulfonamides is 1. The lowest BCUT2D eigenvalue weighted by Crippen LogP contribution is -2.40. The number of benzene rings is 1. The summed E-state index contributed by atoms with van der Waals surface area (Å²) in [5.41, 5.74) is -6.17. The summed E-state index contributed by atoms with van der Waals surface area (Å²) in [4.78, 5) is 11.9. The van der Waals surface area contributed by atoms with Crippen molar-refractivity contribution >= 4 is 31.9 Å². The number of aliphatic hydroxyl groups excluding tert-OH is 2. The van der Waals surface area contributed by atoms with E-state index in [1.54, 1.807) is 0 Å². The molecular weight excluding hydrogens is 439 g/mol. The maximum absolute atomic E-state index is 12.4. The first-order valence-electron chi connectivity index (χ1n) is 6.47. The summed E-state index contributed by atoms with van der Waals surface area (Å²) in [5, 5.41) is 17.5. The molecule has 0 heterocycles. The van der Waals surface area contributed by atoms with Gasteiger partial charge in [-0.25, -0.2) is 4.72 Å². The summed E-state index contributed by atoms with van der Waals surface area (Å²) in [6.07, 6.45) is 0. The molecule has 0 saturated heterocycles. The number of nitrogens with one attached hydrogen (secondary N) is 1. The van der Waals surface area contributed by atoms with E-state index in [9.17, 15) is 26.4 Å². The SMILES string of the molecule is O=C(NS(=O)(=O)C(F)(F)F)c1cc(OCCO)c(Br)c(OCCO)c1. The van der Waals surface area contributed by atoms with Crippen LogP contribution >= 0.6 is 15.9 Å². The van der Waals surface area contributed by atoms with Gasteiger partial charge >= 0.3 is 15.5 Å². The van der Waals surface area contributed by atoms with Crippen molar-refractivity contribution in [2.24, 2.45) is 0 Å². The molecule has 0 aliphatic carbocycles. The third-order valence-electron chi connectivity index (χ3n) is 2.50. The predicted octanol–water partition coefficient (Wildman–Crippen LogP) is 0.771. The molecule has 0 saturated carbocycles. The molecule has 0 aliphatic rings. The van der Waals surface area contributed by atoms with Crippen molar-refractivity contribution < 1.29 is 46.1 Å². The number of alkyl halides is 3. The Balaban J connectivity index is 3.22. The minimum absolute atomic E-state index is 0.0842. The fourth-order valence-electron chi connectivity index (χ4n) is 1.46. The lowest BCUT2D eigenvalue weighted by atomic mass is 10.2. The molecule has 0 spiro atoms. The molecule has 142 valence electrons. The highest BCUT2D eigenvalue weighted by Crippen LogP contribution is 2.36. The first-order chi connectivity index (χ1) is 11.5. The molecule has 13 heteroatoms. The fraction of sp³-hybridized carbons (Fsp3) is 0.417. The van der Waals surface area contributed by atoms with Gasteiger partial charge in [0.25, 0.3) is 5.91 Å². The Bertz CT molecular complexity index is 695. The number of hydrogen-bond donors (Lipinski definition) is 3. The second-order valence-electron chi connectivity index (χ2n) is 4.31. The van der Waals surface area contributed by atoms with Gasteiger partial charge < -0.3 is 19.7 Å². The number of ether oxygens (including phenoxy) is 2. The highest BCUT2D eigenvalue weighted by molar-refractivity contribution is 9.10. The number of rotatable bonds is 8. The van der Waals surface area contributed by atoms with Gasteiger partial charge in [-0.1, -0.05) is 0 Å². The molecule has 8 nitrogen and oxygen atoms in total. The molecule has 0 bridgehead atoms. The summed E-state index contributed by atoms with van der Waals surface area (Å²) in [5.74, 6) is -1.73. The Morgan fingerprint density at radius 2 is 1.56 bits per heavy atom. The lowest BCUT2D eigenvalue weighted by molar-refractivity contribution is -0.0446. The van der Waals surface area contributed by atoms with Gasteiger partial charge in [-0.3, -0.25) is 4.79 Å². The molecule has 1 aromatic carbocycles. The van der Waals surface area contributed by atoms with Crippen molar-refractivity contribution in [2.75, 3.05) is 26.4 Å². The molecule has 0 aromatic heterocycles.